The number of carboxylic acid groups (broad SMARTS) is 1. The van der Waals surface area contributed by atoms with Crippen molar-refractivity contribution in [2.45, 2.75) is 32.7 Å². The third kappa shape index (κ3) is 3.13. The normalized spacial score (nSPS) is 12.1. The van der Waals surface area contributed by atoms with Gasteiger partial charge in [-0.3, -0.25) is 14.0 Å². The summed E-state index contributed by atoms with van der Waals surface area (Å²) in [5.74, 6) is -1.85. The molecule has 1 amide bonds. The van der Waals surface area contributed by atoms with Gasteiger partial charge in [0.2, 0.25) is 0 Å². The molecule has 1 unspecified atom stereocenters. The molecule has 0 saturated heterocycles. The fraction of sp³-hybridized carbons (Fsp3) is 0.333. The van der Waals surface area contributed by atoms with Gasteiger partial charge >= 0.3 is 5.97 Å². The molecule has 0 aliphatic carbocycles. The van der Waals surface area contributed by atoms with Gasteiger partial charge in [-0.2, -0.15) is 0 Å². The van der Waals surface area contributed by atoms with E-state index in [0.29, 0.717) is 18.5 Å². The molecule has 0 fully saturated rings. The monoisotopic (exact) mass is 303 g/mol. The van der Waals surface area contributed by atoms with E-state index in [-0.39, 0.29) is 5.56 Å². The maximum absolute atomic E-state index is 12.3. The Hall–Kier alpha value is -2.70. The minimum atomic E-state index is -1.13. The molecule has 0 aromatic carbocycles. The van der Waals surface area contributed by atoms with Crippen molar-refractivity contribution in [3.05, 3.63) is 46.0 Å². The summed E-state index contributed by atoms with van der Waals surface area (Å²) in [6.45, 7) is 3.69. The van der Waals surface area contributed by atoms with Gasteiger partial charge < -0.3 is 10.4 Å². The van der Waals surface area contributed by atoms with Crippen molar-refractivity contribution in [2.75, 3.05) is 0 Å². The van der Waals surface area contributed by atoms with Crippen molar-refractivity contribution < 1.29 is 14.7 Å². The number of rotatable bonds is 5. The van der Waals surface area contributed by atoms with Gasteiger partial charge in [0.1, 0.15) is 17.3 Å². The van der Waals surface area contributed by atoms with E-state index in [2.05, 4.69) is 10.3 Å². The number of aromatic nitrogens is 2. The topological polar surface area (TPSA) is 101 Å². The van der Waals surface area contributed by atoms with Gasteiger partial charge in [-0.15, -0.1) is 0 Å². The Morgan fingerprint density at radius 1 is 1.45 bits per heavy atom. The smallest absolute Gasteiger partial charge is 0.326 e. The van der Waals surface area contributed by atoms with E-state index in [1.165, 1.54) is 16.8 Å². The summed E-state index contributed by atoms with van der Waals surface area (Å²) in [4.78, 5) is 39.6. The van der Waals surface area contributed by atoms with Gasteiger partial charge in [-0.05, 0) is 31.0 Å². The SMILES string of the molecule is CCCC(NC(=O)c1cnc2cc(C)ccn2c1=O)C(=O)O. The molecule has 1 atom stereocenters. The van der Waals surface area contributed by atoms with Gasteiger partial charge in [0.25, 0.3) is 11.5 Å². The Morgan fingerprint density at radius 3 is 2.82 bits per heavy atom. The van der Waals surface area contributed by atoms with Crippen LogP contribution >= 0.6 is 0 Å². The summed E-state index contributed by atoms with van der Waals surface area (Å²) < 4.78 is 1.26. The molecular formula is C15H17N3O4. The van der Waals surface area contributed by atoms with Gasteiger partial charge in [0.05, 0.1) is 0 Å². The maximum atomic E-state index is 12.3. The summed E-state index contributed by atoms with van der Waals surface area (Å²) >= 11 is 0. The van der Waals surface area contributed by atoms with E-state index in [1.807, 2.05) is 13.8 Å². The first-order chi connectivity index (χ1) is 10.4. The lowest BCUT2D eigenvalue weighted by Gasteiger charge is -2.13. The van der Waals surface area contributed by atoms with Gasteiger partial charge in [-0.25, -0.2) is 9.78 Å². The summed E-state index contributed by atoms with van der Waals surface area (Å²) in [7, 11) is 0. The van der Waals surface area contributed by atoms with Crippen LogP contribution in [0.1, 0.15) is 35.7 Å². The number of aliphatic carboxylic acids is 1. The predicted molar refractivity (Wildman–Crippen MR) is 80.0 cm³/mol. The van der Waals surface area contributed by atoms with Crippen LogP contribution in [0, 0.1) is 6.92 Å². The number of carbonyl (C=O) groups excluding carboxylic acids is 1. The number of amides is 1. The minimum Gasteiger partial charge on any atom is -0.480 e. The molecule has 2 aromatic heterocycles. The molecule has 0 aliphatic heterocycles. The van der Waals surface area contributed by atoms with Crippen molar-refractivity contribution in [1.29, 1.82) is 0 Å². The molecule has 0 saturated carbocycles. The molecule has 7 nitrogen and oxygen atoms in total. The Labute approximate surface area is 126 Å². The van der Waals surface area contributed by atoms with E-state index in [4.69, 9.17) is 5.11 Å². The molecule has 7 heteroatoms. The molecule has 22 heavy (non-hydrogen) atoms. The molecule has 2 aromatic rings. The van der Waals surface area contributed by atoms with Crippen LogP contribution in [0.25, 0.3) is 5.65 Å². The maximum Gasteiger partial charge on any atom is 0.326 e. The average molecular weight is 303 g/mol. The minimum absolute atomic E-state index is 0.177. The van der Waals surface area contributed by atoms with E-state index in [1.54, 1.807) is 12.1 Å². The van der Waals surface area contributed by atoms with E-state index >= 15 is 0 Å². The van der Waals surface area contributed by atoms with Gasteiger partial charge in [0, 0.05) is 12.4 Å². The summed E-state index contributed by atoms with van der Waals surface area (Å²) in [6.07, 6.45) is 3.61. The van der Waals surface area contributed by atoms with Gasteiger partial charge in [0.15, 0.2) is 0 Å². The van der Waals surface area contributed by atoms with E-state index < -0.39 is 23.5 Å². The Balaban J connectivity index is 2.36. The van der Waals surface area contributed by atoms with Crippen LogP contribution in [-0.4, -0.2) is 32.4 Å². The fourth-order valence-electron chi connectivity index (χ4n) is 2.11. The molecule has 2 heterocycles. The Kier molecular flexibility index (Phi) is 4.55. The third-order valence-electron chi connectivity index (χ3n) is 3.29. The lowest BCUT2D eigenvalue weighted by Crippen LogP contribution is -2.42. The van der Waals surface area contributed by atoms with Crippen LogP contribution < -0.4 is 10.9 Å². The van der Waals surface area contributed by atoms with Crippen molar-refractivity contribution in [1.82, 2.24) is 14.7 Å². The molecular weight excluding hydrogens is 286 g/mol. The lowest BCUT2D eigenvalue weighted by atomic mass is 10.1. The highest BCUT2D eigenvalue weighted by atomic mass is 16.4. The highest BCUT2D eigenvalue weighted by Gasteiger charge is 2.21. The van der Waals surface area contributed by atoms with Crippen molar-refractivity contribution in [3.63, 3.8) is 0 Å². The van der Waals surface area contributed by atoms with Gasteiger partial charge in [-0.1, -0.05) is 13.3 Å². The molecule has 2 rings (SSSR count). The highest BCUT2D eigenvalue weighted by molar-refractivity contribution is 5.96. The zero-order valence-corrected chi connectivity index (χ0v) is 12.4. The first kappa shape index (κ1) is 15.7. The second kappa shape index (κ2) is 6.38. The fourth-order valence-corrected chi connectivity index (χ4v) is 2.11. The highest BCUT2D eigenvalue weighted by Crippen LogP contribution is 2.03. The van der Waals surface area contributed by atoms with E-state index in [9.17, 15) is 14.4 Å². The molecule has 0 bridgehead atoms. The van der Waals surface area contributed by atoms with Crippen LogP contribution in [0.15, 0.2) is 29.3 Å². The predicted octanol–water partition coefficient (Wildman–Crippen LogP) is 0.986. The van der Waals surface area contributed by atoms with Crippen molar-refractivity contribution >= 4 is 17.5 Å². The number of carboxylic acids is 1. The molecule has 116 valence electrons. The quantitative estimate of drug-likeness (QED) is 0.857. The standard InChI is InChI=1S/C15H17N3O4/c1-3-4-11(15(21)22)17-13(19)10-8-16-12-7-9(2)5-6-18(12)14(10)20/h5-8,11H,3-4H2,1-2H3,(H,17,19)(H,21,22). The number of hydrogen-bond donors (Lipinski definition) is 2. The molecule has 0 radical (unpaired) electrons. The Bertz CT molecular complexity index is 782. The number of aryl methyl sites for hydroxylation is 1. The van der Waals surface area contributed by atoms with Crippen LogP contribution in [0.2, 0.25) is 0 Å². The largest absolute Gasteiger partial charge is 0.480 e. The second-order valence-corrected chi connectivity index (χ2v) is 5.06. The zero-order chi connectivity index (χ0) is 16.3. The summed E-state index contributed by atoms with van der Waals surface area (Å²) in [5, 5.41) is 11.4. The number of nitrogens with one attached hydrogen (secondary N) is 1. The molecule has 0 spiro atoms. The number of carbonyl (C=O) groups is 2. The lowest BCUT2D eigenvalue weighted by molar-refractivity contribution is -0.139. The third-order valence-corrected chi connectivity index (χ3v) is 3.29. The number of fused-ring (bicyclic) bond motifs is 1. The second-order valence-electron chi connectivity index (χ2n) is 5.06. The average Bonchev–Trinajstić information content (AvgIpc) is 2.46. The summed E-state index contributed by atoms with van der Waals surface area (Å²) in [5.41, 5.74) is 0.676. The number of hydrogen-bond acceptors (Lipinski definition) is 4. The summed E-state index contributed by atoms with van der Waals surface area (Å²) in [6, 6.07) is 2.44. The van der Waals surface area contributed by atoms with Crippen molar-refractivity contribution in [2.24, 2.45) is 0 Å². The first-order valence-corrected chi connectivity index (χ1v) is 6.95. The van der Waals surface area contributed by atoms with Crippen LogP contribution in [-0.2, 0) is 4.79 Å². The van der Waals surface area contributed by atoms with Crippen LogP contribution in [0.3, 0.4) is 0 Å². The molecule has 2 N–H and O–H groups in total. The number of pyridine rings is 1. The molecule has 0 aliphatic rings. The first-order valence-electron chi connectivity index (χ1n) is 6.95. The van der Waals surface area contributed by atoms with Crippen molar-refractivity contribution in [3.8, 4) is 0 Å². The zero-order valence-electron chi connectivity index (χ0n) is 12.4. The number of nitrogens with zero attached hydrogens (tertiary/aromatic N) is 2. The van der Waals surface area contributed by atoms with Crippen LogP contribution in [0.5, 0.6) is 0 Å². The van der Waals surface area contributed by atoms with Crippen LogP contribution in [0.4, 0.5) is 0 Å². The Morgan fingerprint density at radius 2 is 2.18 bits per heavy atom. The van der Waals surface area contributed by atoms with E-state index in [0.717, 1.165) is 5.56 Å².